The predicted octanol–water partition coefficient (Wildman–Crippen LogP) is 3.33. The molecule has 2 aliphatic heterocycles. The SMILES string of the molecule is CCN1C(=O)C(=Cc2cccc(OCC(=O)N3CCOCC3)c2)SC1=Nc1cccc(C(=O)OC)c1. The first-order chi connectivity index (χ1) is 17.5. The molecule has 0 radical (unpaired) electrons. The van der Waals surface area contributed by atoms with Crippen molar-refractivity contribution >= 4 is 46.5 Å². The van der Waals surface area contributed by atoms with Crippen molar-refractivity contribution in [3.63, 3.8) is 0 Å². The Bertz CT molecular complexity index is 1210. The highest BCUT2D eigenvalue weighted by atomic mass is 32.2. The molecule has 2 aromatic carbocycles. The smallest absolute Gasteiger partial charge is 0.337 e. The lowest BCUT2D eigenvalue weighted by Gasteiger charge is -2.26. The molecule has 2 aromatic rings. The maximum atomic E-state index is 13.0. The number of hydrogen-bond acceptors (Lipinski definition) is 8. The van der Waals surface area contributed by atoms with Crippen LogP contribution in [-0.4, -0.2) is 79.3 Å². The molecule has 0 aromatic heterocycles. The van der Waals surface area contributed by atoms with Crippen LogP contribution in [0.5, 0.6) is 5.75 Å². The molecule has 2 aliphatic rings. The van der Waals surface area contributed by atoms with E-state index in [0.29, 0.717) is 59.9 Å². The number of thioether (sulfide) groups is 1. The Morgan fingerprint density at radius 1 is 1.14 bits per heavy atom. The van der Waals surface area contributed by atoms with Crippen molar-refractivity contribution in [1.29, 1.82) is 0 Å². The Balaban J connectivity index is 1.48. The number of methoxy groups -OCH3 is 1. The van der Waals surface area contributed by atoms with Gasteiger partial charge in [0.1, 0.15) is 5.75 Å². The fourth-order valence-corrected chi connectivity index (χ4v) is 4.76. The molecular formula is C26H27N3O6S. The molecule has 36 heavy (non-hydrogen) atoms. The fourth-order valence-electron chi connectivity index (χ4n) is 3.70. The summed E-state index contributed by atoms with van der Waals surface area (Å²) in [5, 5.41) is 0.527. The van der Waals surface area contributed by atoms with E-state index in [1.54, 1.807) is 52.3 Å². The van der Waals surface area contributed by atoms with Gasteiger partial charge in [-0.15, -0.1) is 0 Å². The van der Waals surface area contributed by atoms with Crippen LogP contribution in [0.15, 0.2) is 58.4 Å². The van der Waals surface area contributed by atoms with E-state index < -0.39 is 5.97 Å². The zero-order chi connectivity index (χ0) is 25.5. The highest BCUT2D eigenvalue weighted by molar-refractivity contribution is 8.18. The maximum Gasteiger partial charge on any atom is 0.337 e. The molecule has 0 N–H and O–H groups in total. The average Bonchev–Trinajstić information content (AvgIpc) is 3.20. The van der Waals surface area contributed by atoms with Crippen LogP contribution in [0.2, 0.25) is 0 Å². The molecule has 4 rings (SSSR count). The number of amidine groups is 1. The number of morpholine rings is 1. The molecule has 2 saturated heterocycles. The molecule has 0 unspecified atom stereocenters. The van der Waals surface area contributed by atoms with Crippen LogP contribution >= 0.6 is 11.8 Å². The molecule has 0 spiro atoms. The summed E-state index contributed by atoms with van der Waals surface area (Å²) < 4.78 is 15.8. The van der Waals surface area contributed by atoms with Crippen molar-refractivity contribution in [3.05, 3.63) is 64.6 Å². The maximum absolute atomic E-state index is 13.0. The Morgan fingerprint density at radius 2 is 1.92 bits per heavy atom. The number of carbonyl (C=O) groups excluding carboxylic acids is 3. The number of hydrogen-bond donors (Lipinski definition) is 0. The van der Waals surface area contributed by atoms with Crippen LogP contribution < -0.4 is 4.74 Å². The van der Waals surface area contributed by atoms with Crippen LogP contribution in [0.25, 0.3) is 6.08 Å². The van der Waals surface area contributed by atoms with Crippen molar-refractivity contribution < 1.29 is 28.6 Å². The average molecular weight is 510 g/mol. The standard InChI is InChI=1S/C26H27N3O6S/c1-3-29-24(31)22(36-26(29)27-20-8-5-7-19(16-20)25(32)33-2)15-18-6-4-9-21(14-18)35-17-23(30)28-10-12-34-13-11-28/h4-9,14-16H,3,10-13,17H2,1-2H3. The lowest BCUT2D eigenvalue weighted by atomic mass is 10.2. The van der Waals surface area contributed by atoms with Gasteiger partial charge in [-0.2, -0.15) is 0 Å². The van der Waals surface area contributed by atoms with Gasteiger partial charge in [-0.25, -0.2) is 9.79 Å². The van der Waals surface area contributed by atoms with Gasteiger partial charge in [0.15, 0.2) is 11.8 Å². The highest BCUT2D eigenvalue weighted by Crippen LogP contribution is 2.34. The van der Waals surface area contributed by atoms with Crippen molar-refractivity contribution in [3.8, 4) is 5.75 Å². The van der Waals surface area contributed by atoms with Gasteiger partial charge in [-0.1, -0.05) is 18.2 Å². The zero-order valence-electron chi connectivity index (χ0n) is 20.1. The summed E-state index contributed by atoms with van der Waals surface area (Å²) in [6, 6.07) is 14.0. The van der Waals surface area contributed by atoms with E-state index in [0.717, 1.165) is 5.56 Å². The molecule has 2 fully saturated rings. The van der Waals surface area contributed by atoms with E-state index in [9.17, 15) is 14.4 Å². The molecule has 0 saturated carbocycles. The number of aliphatic imine (C=N–C) groups is 1. The molecule has 0 bridgehead atoms. The number of esters is 1. The molecule has 9 nitrogen and oxygen atoms in total. The van der Waals surface area contributed by atoms with E-state index in [4.69, 9.17) is 14.2 Å². The Kier molecular flexibility index (Phi) is 8.40. The molecular weight excluding hydrogens is 482 g/mol. The quantitative estimate of drug-likeness (QED) is 0.417. The molecule has 0 atom stereocenters. The minimum atomic E-state index is -0.450. The Hall–Kier alpha value is -3.63. The van der Waals surface area contributed by atoms with Crippen LogP contribution in [0.4, 0.5) is 5.69 Å². The third-order valence-corrected chi connectivity index (χ3v) is 6.58. The number of amides is 2. The Labute approximate surface area is 213 Å². The predicted molar refractivity (Wildman–Crippen MR) is 137 cm³/mol. The first kappa shape index (κ1) is 25.5. The van der Waals surface area contributed by atoms with E-state index in [1.807, 2.05) is 19.1 Å². The normalized spacial score (nSPS) is 18.1. The van der Waals surface area contributed by atoms with Crippen molar-refractivity contribution in [1.82, 2.24) is 9.80 Å². The number of ether oxygens (including phenoxy) is 3. The highest BCUT2D eigenvalue weighted by Gasteiger charge is 2.32. The minimum Gasteiger partial charge on any atom is -0.484 e. The number of likely N-dealkylation sites (N-methyl/N-ethyl adjacent to an activating group) is 1. The summed E-state index contributed by atoms with van der Waals surface area (Å²) in [6.07, 6.45) is 1.78. The van der Waals surface area contributed by atoms with Crippen molar-refractivity contribution in [2.75, 3.05) is 46.6 Å². The number of rotatable bonds is 7. The van der Waals surface area contributed by atoms with E-state index in [1.165, 1.54) is 18.9 Å². The van der Waals surface area contributed by atoms with Gasteiger partial charge in [-0.05, 0) is 60.7 Å². The first-order valence-corrected chi connectivity index (χ1v) is 12.4. The van der Waals surface area contributed by atoms with Gasteiger partial charge < -0.3 is 19.1 Å². The van der Waals surface area contributed by atoms with Gasteiger partial charge in [0.05, 0.1) is 36.5 Å². The second-order valence-electron chi connectivity index (χ2n) is 7.95. The molecule has 2 amide bonds. The summed E-state index contributed by atoms with van der Waals surface area (Å²) in [5.41, 5.74) is 1.71. The molecule has 2 heterocycles. The summed E-state index contributed by atoms with van der Waals surface area (Å²) in [6.45, 7) is 4.48. The molecule has 188 valence electrons. The zero-order valence-corrected chi connectivity index (χ0v) is 21.0. The van der Waals surface area contributed by atoms with Crippen LogP contribution in [0, 0.1) is 0 Å². The fraction of sp³-hybridized carbons (Fsp3) is 0.308. The van der Waals surface area contributed by atoms with Gasteiger partial charge in [-0.3, -0.25) is 14.5 Å². The van der Waals surface area contributed by atoms with Gasteiger partial charge >= 0.3 is 5.97 Å². The Morgan fingerprint density at radius 3 is 2.67 bits per heavy atom. The lowest BCUT2D eigenvalue weighted by molar-refractivity contribution is -0.137. The van der Waals surface area contributed by atoms with Crippen LogP contribution in [-0.2, 0) is 19.1 Å². The largest absolute Gasteiger partial charge is 0.484 e. The summed E-state index contributed by atoms with van der Waals surface area (Å²) in [4.78, 5) is 45.6. The van der Waals surface area contributed by atoms with Crippen molar-refractivity contribution in [2.24, 2.45) is 4.99 Å². The summed E-state index contributed by atoms with van der Waals surface area (Å²) in [7, 11) is 1.32. The summed E-state index contributed by atoms with van der Waals surface area (Å²) in [5.74, 6) is -0.144. The van der Waals surface area contributed by atoms with E-state index in [-0.39, 0.29) is 18.4 Å². The number of nitrogens with zero attached hydrogens (tertiary/aromatic N) is 3. The minimum absolute atomic E-state index is 0.0568. The third kappa shape index (κ3) is 6.13. The van der Waals surface area contributed by atoms with E-state index >= 15 is 0 Å². The van der Waals surface area contributed by atoms with Gasteiger partial charge in [0, 0.05) is 19.6 Å². The second kappa shape index (κ2) is 11.9. The number of carbonyl (C=O) groups is 3. The molecule has 10 heteroatoms. The lowest BCUT2D eigenvalue weighted by Crippen LogP contribution is -2.42. The topological polar surface area (TPSA) is 97.7 Å². The van der Waals surface area contributed by atoms with Crippen LogP contribution in [0.3, 0.4) is 0 Å². The van der Waals surface area contributed by atoms with Gasteiger partial charge in [0.25, 0.3) is 11.8 Å². The second-order valence-corrected chi connectivity index (χ2v) is 8.96. The van der Waals surface area contributed by atoms with E-state index in [2.05, 4.69) is 4.99 Å². The monoisotopic (exact) mass is 509 g/mol. The molecule has 0 aliphatic carbocycles. The van der Waals surface area contributed by atoms with Gasteiger partial charge in [0.2, 0.25) is 0 Å². The van der Waals surface area contributed by atoms with Crippen LogP contribution in [0.1, 0.15) is 22.8 Å². The third-order valence-electron chi connectivity index (χ3n) is 5.58. The summed E-state index contributed by atoms with van der Waals surface area (Å²) >= 11 is 1.26. The number of benzene rings is 2. The first-order valence-electron chi connectivity index (χ1n) is 11.6. The van der Waals surface area contributed by atoms with Crippen molar-refractivity contribution in [2.45, 2.75) is 6.92 Å².